The summed E-state index contributed by atoms with van der Waals surface area (Å²) in [7, 11) is 0. The second kappa shape index (κ2) is 9.00. The summed E-state index contributed by atoms with van der Waals surface area (Å²) < 4.78 is 250. The molecule has 0 bridgehead atoms. The molecule has 0 nitrogen and oxygen atoms in total. The average Bonchev–Trinajstić information content (AvgIpc) is 2.80. The van der Waals surface area contributed by atoms with Gasteiger partial charge in [0, 0.05) is 11.1 Å². The van der Waals surface area contributed by atoms with Crippen LogP contribution in [-0.2, 0) is 12.4 Å². The van der Waals surface area contributed by atoms with Crippen molar-refractivity contribution in [3.8, 4) is 22.3 Å². The Morgan fingerprint density at radius 2 is 0.421 bits per heavy atom. The Balaban J connectivity index is 2.86. The third kappa shape index (κ3) is 4.09. The van der Waals surface area contributed by atoms with Gasteiger partial charge in [0.15, 0.2) is 46.5 Å². The lowest BCUT2D eigenvalue weighted by Gasteiger charge is -2.24. The maximum atomic E-state index is 15.1. The topological polar surface area (TPSA) is 0 Å². The molecule has 0 saturated heterocycles. The SMILES string of the molecule is Fc1c(F)c(F)c(-c2c(F)c(C(F)(F)F)c(C(F)(F)F)c(F)c2-c2c(F)c(F)c(F)c(F)c2F)c(F)c1F. The molecule has 0 spiro atoms. The van der Waals surface area contributed by atoms with Crippen molar-refractivity contribution in [2.45, 2.75) is 12.4 Å². The van der Waals surface area contributed by atoms with Crippen molar-refractivity contribution in [1.29, 1.82) is 0 Å². The van der Waals surface area contributed by atoms with Crippen LogP contribution < -0.4 is 0 Å². The maximum Gasteiger partial charge on any atom is 0.419 e. The van der Waals surface area contributed by atoms with Gasteiger partial charge in [-0.15, -0.1) is 0 Å². The number of rotatable bonds is 2. The van der Waals surface area contributed by atoms with E-state index in [1.54, 1.807) is 0 Å². The summed E-state index contributed by atoms with van der Waals surface area (Å²) in [5, 5.41) is 0. The second-order valence-corrected chi connectivity index (χ2v) is 7.01. The molecule has 3 rings (SSSR count). The molecule has 0 N–H and O–H groups in total. The molecule has 0 aliphatic carbocycles. The smallest absolute Gasteiger partial charge is 0.206 e. The number of hydrogen-bond acceptors (Lipinski definition) is 0. The molecule has 206 valence electrons. The molecular weight excluding hydrogens is 582 g/mol. The van der Waals surface area contributed by atoms with Gasteiger partial charge in [0.25, 0.3) is 0 Å². The highest BCUT2D eigenvalue weighted by atomic mass is 19.4. The van der Waals surface area contributed by atoms with E-state index in [-0.39, 0.29) is 0 Å². The minimum absolute atomic E-state index is 3.03. The van der Waals surface area contributed by atoms with Crippen molar-refractivity contribution in [3.05, 3.63) is 80.9 Å². The normalized spacial score (nSPS) is 12.5. The molecule has 0 atom stereocenters. The fraction of sp³-hybridized carbons (Fsp3) is 0.100. The van der Waals surface area contributed by atoms with E-state index < -0.39 is 116 Å². The largest absolute Gasteiger partial charge is 0.419 e. The Morgan fingerprint density at radius 3 is 0.605 bits per heavy atom. The van der Waals surface area contributed by atoms with E-state index in [2.05, 4.69) is 0 Å². The Morgan fingerprint density at radius 1 is 0.237 bits per heavy atom. The number of alkyl halides is 6. The Bertz CT molecular complexity index is 1320. The average molecular weight is 582 g/mol. The first-order chi connectivity index (χ1) is 17.2. The van der Waals surface area contributed by atoms with Gasteiger partial charge in [0.1, 0.15) is 22.8 Å². The van der Waals surface area contributed by atoms with Crippen LogP contribution in [0.2, 0.25) is 0 Å². The summed E-state index contributed by atoms with van der Waals surface area (Å²) in [6, 6.07) is 0. The summed E-state index contributed by atoms with van der Waals surface area (Å²) in [4.78, 5) is 0. The molecule has 0 saturated carbocycles. The van der Waals surface area contributed by atoms with Gasteiger partial charge in [-0.2, -0.15) is 26.3 Å². The standard InChI is InChI=1S/C20F18/c21-7-1(3-9(23)13(27)17(31)14(28)10(3)24)2(4-11(25)15(29)18(32)16(30)12(4)26)8(22)6(20(36,37)38)5(7)19(33,34)35. The highest BCUT2D eigenvalue weighted by Crippen LogP contribution is 2.52. The van der Waals surface area contributed by atoms with Crippen LogP contribution in [0.3, 0.4) is 0 Å². The van der Waals surface area contributed by atoms with Crippen molar-refractivity contribution < 1.29 is 79.0 Å². The summed E-state index contributed by atoms with van der Waals surface area (Å²) >= 11 is 0. The molecule has 3 aromatic rings. The first-order valence-corrected chi connectivity index (χ1v) is 8.90. The molecule has 0 unspecified atom stereocenters. The van der Waals surface area contributed by atoms with E-state index in [1.165, 1.54) is 0 Å². The molecule has 0 fully saturated rings. The second-order valence-electron chi connectivity index (χ2n) is 7.01. The Labute approximate surface area is 195 Å². The predicted octanol–water partition coefficient (Wildman–Crippen LogP) is 8.73. The lowest BCUT2D eigenvalue weighted by atomic mass is 9.86. The minimum Gasteiger partial charge on any atom is -0.206 e. The van der Waals surface area contributed by atoms with Gasteiger partial charge >= 0.3 is 12.4 Å². The first-order valence-electron chi connectivity index (χ1n) is 8.90. The third-order valence-corrected chi connectivity index (χ3v) is 4.86. The van der Waals surface area contributed by atoms with E-state index >= 15 is 8.78 Å². The van der Waals surface area contributed by atoms with Crippen LogP contribution in [0.4, 0.5) is 79.0 Å². The lowest BCUT2D eigenvalue weighted by molar-refractivity contribution is -0.165. The van der Waals surface area contributed by atoms with Crippen molar-refractivity contribution in [3.63, 3.8) is 0 Å². The molecule has 0 aliphatic heterocycles. The van der Waals surface area contributed by atoms with Crippen LogP contribution in [0.25, 0.3) is 22.3 Å². The summed E-state index contributed by atoms with van der Waals surface area (Å²) in [5.74, 6) is -39.7. The fourth-order valence-electron chi connectivity index (χ4n) is 3.34. The zero-order valence-electron chi connectivity index (χ0n) is 16.8. The number of benzene rings is 3. The van der Waals surface area contributed by atoms with Crippen LogP contribution in [0, 0.1) is 69.8 Å². The molecule has 0 heterocycles. The van der Waals surface area contributed by atoms with Crippen LogP contribution in [-0.4, -0.2) is 0 Å². The number of halogens is 18. The van der Waals surface area contributed by atoms with Crippen molar-refractivity contribution in [2.24, 2.45) is 0 Å². The first kappa shape index (κ1) is 29.0. The fourth-order valence-corrected chi connectivity index (χ4v) is 3.34. The Hall–Kier alpha value is -3.60. The highest BCUT2D eigenvalue weighted by Gasteiger charge is 2.51. The van der Waals surface area contributed by atoms with Gasteiger partial charge in [-0.25, -0.2) is 52.7 Å². The molecule has 18 heteroatoms. The van der Waals surface area contributed by atoms with Crippen LogP contribution in [0.5, 0.6) is 0 Å². The molecule has 0 aliphatic rings. The number of hydrogen-bond donors (Lipinski definition) is 0. The minimum atomic E-state index is -6.70. The van der Waals surface area contributed by atoms with Crippen molar-refractivity contribution in [1.82, 2.24) is 0 Å². The van der Waals surface area contributed by atoms with Crippen LogP contribution >= 0.6 is 0 Å². The summed E-state index contributed by atoms with van der Waals surface area (Å²) in [6.07, 6.45) is -13.4. The van der Waals surface area contributed by atoms with Gasteiger partial charge in [0.05, 0.1) is 11.1 Å². The molecule has 0 amide bonds. The summed E-state index contributed by atoms with van der Waals surface area (Å²) in [5.41, 5.74) is -20.0. The van der Waals surface area contributed by atoms with E-state index in [0.717, 1.165) is 0 Å². The van der Waals surface area contributed by atoms with Gasteiger partial charge in [-0.3, -0.25) is 0 Å². The molecular formula is C20F18. The third-order valence-electron chi connectivity index (χ3n) is 4.86. The van der Waals surface area contributed by atoms with Crippen molar-refractivity contribution >= 4 is 0 Å². The Kier molecular flexibility index (Phi) is 6.86. The van der Waals surface area contributed by atoms with Gasteiger partial charge in [-0.1, -0.05) is 0 Å². The zero-order valence-corrected chi connectivity index (χ0v) is 16.8. The van der Waals surface area contributed by atoms with Crippen LogP contribution in [0.15, 0.2) is 0 Å². The van der Waals surface area contributed by atoms with Gasteiger partial charge in [-0.05, 0) is 0 Å². The summed E-state index contributed by atoms with van der Waals surface area (Å²) in [6.45, 7) is 0. The molecule has 3 aromatic carbocycles. The highest BCUT2D eigenvalue weighted by molar-refractivity contribution is 5.87. The van der Waals surface area contributed by atoms with Crippen molar-refractivity contribution in [2.75, 3.05) is 0 Å². The van der Waals surface area contributed by atoms with E-state index in [9.17, 15) is 70.2 Å². The molecule has 38 heavy (non-hydrogen) atoms. The molecule has 0 aromatic heterocycles. The van der Waals surface area contributed by atoms with E-state index in [0.29, 0.717) is 0 Å². The predicted molar refractivity (Wildman–Crippen MR) is 86.8 cm³/mol. The monoisotopic (exact) mass is 582 g/mol. The van der Waals surface area contributed by atoms with Gasteiger partial charge in [0.2, 0.25) is 11.6 Å². The maximum absolute atomic E-state index is 15.1. The quantitative estimate of drug-likeness (QED) is 0.161. The molecule has 0 radical (unpaired) electrons. The van der Waals surface area contributed by atoms with E-state index in [4.69, 9.17) is 0 Å². The van der Waals surface area contributed by atoms with Gasteiger partial charge < -0.3 is 0 Å². The zero-order chi connectivity index (χ0) is 29.4. The van der Waals surface area contributed by atoms with Crippen LogP contribution in [0.1, 0.15) is 11.1 Å². The van der Waals surface area contributed by atoms with E-state index in [1.807, 2.05) is 0 Å². The lowest BCUT2D eigenvalue weighted by Crippen LogP contribution is -2.23.